The predicted octanol–water partition coefficient (Wildman–Crippen LogP) is 0.330. The number of amidine groups is 1. The Morgan fingerprint density at radius 2 is 1.62 bits per heavy atom. The van der Waals surface area contributed by atoms with Crippen molar-refractivity contribution in [3.05, 3.63) is 35.4 Å². The quantitative estimate of drug-likeness (QED) is 0.162. The van der Waals surface area contributed by atoms with Crippen LogP contribution in [0.2, 0.25) is 0 Å². The van der Waals surface area contributed by atoms with Gasteiger partial charge in [0.1, 0.15) is 18.5 Å². The number of nitrogens with two attached hydrogens (primary N) is 1. The lowest BCUT2D eigenvalue weighted by Gasteiger charge is -2.14. The minimum Gasteiger partial charge on any atom is -0.480 e. The van der Waals surface area contributed by atoms with Gasteiger partial charge in [0.2, 0.25) is 5.91 Å². The summed E-state index contributed by atoms with van der Waals surface area (Å²) in [5, 5.41) is 28.0. The summed E-state index contributed by atoms with van der Waals surface area (Å²) in [5.74, 6) is -4.66. The first-order valence-corrected chi connectivity index (χ1v) is 8.88. The number of nitrogens with one attached hydrogen (secondary N) is 3. The number of benzene rings is 1. The molecule has 0 aromatic heterocycles. The van der Waals surface area contributed by atoms with Crippen LogP contribution in [0, 0.1) is 5.41 Å². The average Bonchev–Trinajstić information content (AvgIpc) is 2.69. The molecule has 7 N–H and O–H groups in total. The van der Waals surface area contributed by atoms with E-state index in [-0.39, 0.29) is 25.0 Å². The van der Waals surface area contributed by atoms with Gasteiger partial charge >= 0.3 is 18.1 Å². The Morgan fingerprint density at radius 3 is 2.06 bits per heavy atom. The van der Waals surface area contributed by atoms with E-state index in [1.54, 1.807) is 19.1 Å². The fourth-order valence-corrected chi connectivity index (χ4v) is 1.85. The number of carboxylic acids is 2. The lowest BCUT2D eigenvalue weighted by atomic mass is 10.1. The standard InChI is InChI=1S/C16H22N4O5.C2HF3O2/c1-10(15(23)19-7-2-8-25-9-13(21)22)20-16(24)12-5-3-11(4-6-12)14(17)18;3-2(4,5)1(6)7/h3-6,10H,2,7-9H2,1H3,(H3,17,18)(H,19,23)(H,20,24)(H,21,22);(H,6,7)/t10-;/m0./s1. The Bertz CT molecular complexity index is 814. The topological polar surface area (TPSA) is 192 Å². The van der Waals surface area contributed by atoms with Crippen LogP contribution in [-0.2, 0) is 19.1 Å². The Morgan fingerprint density at radius 1 is 1.12 bits per heavy atom. The molecule has 0 saturated heterocycles. The number of aliphatic carboxylic acids is 2. The molecule has 1 aromatic rings. The molecule has 178 valence electrons. The molecule has 0 heterocycles. The number of carbonyl (C=O) groups excluding carboxylic acids is 2. The number of nitrogen functional groups attached to an aromatic ring is 1. The number of halogens is 3. The van der Waals surface area contributed by atoms with E-state index in [2.05, 4.69) is 10.6 Å². The number of carbonyl (C=O) groups is 4. The first-order valence-electron chi connectivity index (χ1n) is 8.88. The van der Waals surface area contributed by atoms with E-state index < -0.39 is 30.1 Å². The highest BCUT2D eigenvalue weighted by Crippen LogP contribution is 2.13. The molecule has 0 aliphatic heterocycles. The first kappa shape index (κ1) is 28.3. The Balaban J connectivity index is 0.00000118. The summed E-state index contributed by atoms with van der Waals surface area (Å²) in [4.78, 5) is 43.1. The molecule has 0 unspecified atom stereocenters. The molecular formula is C18H23F3N4O7. The number of alkyl halides is 3. The predicted molar refractivity (Wildman–Crippen MR) is 104 cm³/mol. The molecule has 0 bridgehead atoms. The number of ether oxygens (including phenoxy) is 1. The van der Waals surface area contributed by atoms with Crippen molar-refractivity contribution in [1.29, 1.82) is 5.41 Å². The Kier molecular flexibility index (Phi) is 12.0. The number of carboxylic acid groups (broad SMARTS) is 2. The molecule has 14 heteroatoms. The highest BCUT2D eigenvalue weighted by atomic mass is 19.4. The van der Waals surface area contributed by atoms with Crippen molar-refractivity contribution in [2.45, 2.75) is 25.6 Å². The maximum Gasteiger partial charge on any atom is 0.490 e. The van der Waals surface area contributed by atoms with Gasteiger partial charge in [-0.1, -0.05) is 12.1 Å². The minimum absolute atomic E-state index is 0.0907. The Labute approximate surface area is 180 Å². The third kappa shape index (κ3) is 12.1. The van der Waals surface area contributed by atoms with Crippen LogP contribution >= 0.6 is 0 Å². The molecule has 32 heavy (non-hydrogen) atoms. The third-order valence-electron chi connectivity index (χ3n) is 3.43. The van der Waals surface area contributed by atoms with Gasteiger partial charge in [0.25, 0.3) is 5.91 Å². The molecule has 0 radical (unpaired) electrons. The van der Waals surface area contributed by atoms with E-state index in [1.165, 1.54) is 12.1 Å². The molecule has 0 saturated carbocycles. The van der Waals surface area contributed by atoms with Crippen LogP contribution in [0.25, 0.3) is 0 Å². The van der Waals surface area contributed by atoms with Gasteiger partial charge in [-0.3, -0.25) is 15.0 Å². The third-order valence-corrected chi connectivity index (χ3v) is 3.43. The molecule has 11 nitrogen and oxygen atoms in total. The summed E-state index contributed by atoms with van der Waals surface area (Å²) in [5.41, 5.74) is 6.20. The molecular weight excluding hydrogens is 441 g/mol. The van der Waals surface area contributed by atoms with Crippen LogP contribution in [0.1, 0.15) is 29.3 Å². The van der Waals surface area contributed by atoms with Gasteiger partial charge in [0.15, 0.2) is 0 Å². The zero-order valence-corrected chi connectivity index (χ0v) is 16.9. The second-order valence-electron chi connectivity index (χ2n) is 6.08. The molecule has 1 rings (SSSR count). The molecule has 0 fully saturated rings. The largest absolute Gasteiger partial charge is 0.490 e. The number of amides is 2. The van der Waals surface area contributed by atoms with E-state index in [1.807, 2.05) is 0 Å². The minimum atomic E-state index is -5.08. The van der Waals surface area contributed by atoms with Crippen LogP contribution in [0.15, 0.2) is 24.3 Å². The molecule has 1 atom stereocenters. The monoisotopic (exact) mass is 464 g/mol. The number of hydrogen-bond acceptors (Lipinski definition) is 6. The van der Waals surface area contributed by atoms with Crippen molar-refractivity contribution < 1.29 is 47.3 Å². The van der Waals surface area contributed by atoms with E-state index >= 15 is 0 Å². The smallest absolute Gasteiger partial charge is 0.480 e. The fourth-order valence-electron chi connectivity index (χ4n) is 1.85. The lowest BCUT2D eigenvalue weighted by molar-refractivity contribution is -0.192. The average molecular weight is 464 g/mol. The van der Waals surface area contributed by atoms with Gasteiger partial charge in [-0.25, -0.2) is 9.59 Å². The van der Waals surface area contributed by atoms with Crippen molar-refractivity contribution in [3.8, 4) is 0 Å². The van der Waals surface area contributed by atoms with Gasteiger partial charge < -0.3 is 31.3 Å². The summed E-state index contributed by atoms with van der Waals surface area (Å²) < 4.78 is 36.6. The summed E-state index contributed by atoms with van der Waals surface area (Å²) in [7, 11) is 0. The zero-order chi connectivity index (χ0) is 24.9. The van der Waals surface area contributed by atoms with Crippen molar-refractivity contribution in [3.63, 3.8) is 0 Å². The van der Waals surface area contributed by atoms with Crippen LogP contribution in [0.5, 0.6) is 0 Å². The number of hydrogen-bond donors (Lipinski definition) is 6. The lowest BCUT2D eigenvalue weighted by Crippen LogP contribution is -2.45. The Hall–Kier alpha value is -3.68. The van der Waals surface area contributed by atoms with Gasteiger partial charge in [0.05, 0.1) is 0 Å². The fraction of sp³-hybridized carbons (Fsp3) is 0.389. The second-order valence-corrected chi connectivity index (χ2v) is 6.08. The summed E-state index contributed by atoms with van der Waals surface area (Å²) in [6.45, 7) is 1.71. The summed E-state index contributed by atoms with van der Waals surface area (Å²) in [6, 6.07) is 5.42. The molecule has 0 aliphatic rings. The summed E-state index contributed by atoms with van der Waals surface area (Å²) >= 11 is 0. The molecule has 0 spiro atoms. The number of rotatable bonds is 10. The normalized spacial score (nSPS) is 11.4. The van der Waals surface area contributed by atoms with E-state index in [9.17, 15) is 27.6 Å². The van der Waals surface area contributed by atoms with Gasteiger partial charge in [-0.05, 0) is 25.5 Å². The zero-order valence-electron chi connectivity index (χ0n) is 16.9. The first-order chi connectivity index (χ1) is 14.8. The van der Waals surface area contributed by atoms with Crippen LogP contribution in [0.3, 0.4) is 0 Å². The highest BCUT2D eigenvalue weighted by molar-refractivity contribution is 5.99. The summed E-state index contributed by atoms with van der Waals surface area (Å²) in [6.07, 6.45) is -4.62. The SMILES string of the molecule is C[C@H](NC(=O)c1ccc(C(=N)N)cc1)C(=O)NCCCOCC(=O)O.O=C(O)C(F)(F)F. The van der Waals surface area contributed by atoms with Crippen LogP contribution < -0.4 is 16.4 Å². The van der Waals surface area contributed by atoms with Crippen LogP contribution in [-0.4, -0.2) is 71.8 Å². The van der Waals surface area contributed by atoms with Gasteiger partial charge in [0, 0.05) is 24.3 Å². The van der Waals surface area contributed by atoms with E-state index in [0.717, 1.165) is 0 Å². The molecule has 2 amide bonds. The van der Waals surface area contributed by atoms with Gasteiger partial charge in [-0.2, -0.15) is 13.2 Å². The van der Waals surface area contributed by atoms with Crippen molar-refractivity contribution in [1.82, 2.24) is 10.6 Å². The maximum atomic E-state index is 12.1. The maximum absolute atomic E-state index is 12.1. The molecule has 0 aliphatic carbocycles. The van der Waals surface area contributed by atoms with Crippen molar-refractivity contribution in [2.75, 3.05) is 19.8 Å². The van der Waals surface area contributed by atoms with Gasteiger partial charge in [-0.15, -0.1) is 0 Å². The molecule has 1 aromatic carbocycles. The second kappa shape index (κ2) is 13.6. The van der Waals surface area contributed by atoms with Crippen molar-refractivity contribution in [2.24, 2.45) is 5.73 Å². The van der Waals surface area contributed by atoms with Crippen LogP contribution in [0.4, 0.5) is 13.2 Å². The van der Waals surface area contributed by atoms with Crippen molar-refractivity contribution >= 4 is 29.6 Å². The highest BCUT2D eigenvalue weighted by Gasteiger charge is 2.38. The van der Waals surface area contributed by atoms with E-state index in [0.29, 0.717) is 24.1 Å². The van der Waals surface area contributed by atoms with E-state index in [4.69, 9.17) is 30.9 Å².